The van der Waals surface area contributed by atoms with Gasteiger partial charge in [0.1, 0.15) is 0 Å². The van der Waals surface area contributed by atoms with E-state index in [0.29, 0.717) is 6.04 Å². The lowest BCUT2D eigenvalue weighted by Gasteiger charge is -2.20. The van der Waals surface area contributed by atoms with Gasteiger partial charge in [0.15, 0.2) is 0 Å². The van der Waals surface area contributed by atoms with Crippen LogP contribution in [0.1, 0.15) is 38.2 Å². The number of nitrogens with one attached hydrogen (secondary N) is 1. The number of benzene rings is 1. The molecule has 0 aliphatic heterocycles. The lowest BCUT2D eigenvalue weighted by Crippen LogP contribution is -2.31. The second-order valence-corrected chi connectivity index (χ2v) is 5.73. The van der Waals surface area contributed by atoms with E-state index in [1.54, 1.807) is 0 Å². The Labute approximate surface area is 115 Å². The second-order valence-electron chi connectivity index (χ2n) is 5.73. The van der Waals surface area contributed by atoms with E-state index in [1.807, 2.05) is 12.4 Å². The third-order valence-corrected chi connectivity index (χ3v) is 4.49. The summed E-state index contributed by atoms with van der Waals surface area (Å²) in [6.07, 6.45) is 9.44. The van der Waals surface area contributed by atoms with Crippen LogP contribution in [-0.2, 0) is 6.54 Å². The minimum absolute atomic E-state index is 0.625. The van der Waals surface area contributed by atoms with Crippen LogP contribution in [0.3, 0.4) is 0 Å². The second kappa shape index (κ2) is 5.70. The minimum atomic E-state index is 0.625. The molecule has 0 saturated heterocycles. The van der Waals surface area contributed by atoms with Gasteiger partial charge in [-0.05, 0) is 42.7 Å². The molecular formula is C17H22N2. The van der Waals surface area contributed by atoms with E-state index in [9.17, 15) is 0 Å². The highest BCUT2D eigenvalue weighted by atomic mass is 14.9. The Kier molecular flexibility index (Phi) is 3.79. The monoisotopic (exact) mass is 254 g/mol. The lowest BCUT2D eigenvalue weighted by atomic mass is 9.99. The Bertz CT molecular complexity index is 538. The molecule has 0 bridgehead atoms. The van der Waals surface area contributed by atoms with Crippen molar-refractivity contribution in [1.29, 1.82) is 0 Å². The molecular weight excluding hydrogens is 232 g/mol. The van der Waals surface area contributed by atoms with Crippen LogP contribution in [0, 0.1) is 5.92 Å². The van der Waals surface area contributed by atoms with Gasteiger partial charge in [-0.25, -0.2) is 0 Å². The number of pyridine rings is 1. The average Bonchev–Trinajstić information content (AvgIpc) is 2.99. The van der Waals surface area contributed by atoms with E-state index >= 15 is 0 Å². The Morgan fingerprint density at radius 1 is 1.26 bits per heavy atom. The van der Waals surface area contributed by atoms with Crippen molar-refractivity contribution < 1.29 is 0 Å². The highest BCUT2D eigenvalue weighted by Gasteiger charge is 2.20. The zero-order chi connectivity index (χ0) is 13.1. The number of hydrogen-bond donors (Lipinski definition) is 1. The summed E-state index contributed by atoms with van der Waals surface area (Å²) in [5, 5.41) is 6.27. The van der Waals surface area contributed by atoms with Crippen molar-refractivity contribution in [3.63, 3.8) is 0 Å². The third-order valence-electron chi connectivity index (χ3n) is 4.49. The lowest BCUT2D eigenvalue weighted by molar-refractivity contribution is 0.381. The molecule has 100 valence electrons. The summed E-state index contributed by atoms with van der Waals surface area (Å²) in [7, 11) is 0. The van der Waals surface area contributed by atoms with E-state index in [1.165, 1.54) is 42.0 Å². The first kappa shape index (κ1) is 12.6. The molecule has 1 aromatic heterocycles. The van der Waals surface area contributed by atoms with E-state index in [4.69, 9.17) is 0 Å². The summed E-state index contributed by atoms with van der Waals surface area (Å²) in [5.74, 6) is 0.872. The minimum Gasteiger partial charge on any atom is -0.310 e. The maximum absolute atomic E-state index is 4.19. The quantitative estimate of drug-likeness (QED) is 0.895. The largest absolute Gasteiger partial charge is 0.310 e. The van der Waals surface area contributed by atoms with Crippen LogP contribution < -0.4 is 5.32 Å². The molecule has 2 heteroatoms. The van der Waals surface area contributed by atoms with Crippen LogP contribution >= 0.6 is 0 Å². The molecule has 1 aliphatic carbocycles. The van der Waals surface area contributed by atoms with Crippen molar-refractivity contribution in [1.82, 2.24) is 10.3 Å². The van der Waals surface area contributed by atoms with Gasteiger partial charge in [0.2, 0.25) is 0 Å². The summed E-state index contributed by atoms with van der Waals surface area (Å²) in [4.78, 5) is 4.19. The van der Waals surface area contributed by atoms with Crippen LogP contribution in [0.25, 0.3) is 10.8 Å². The van der Waals surface area contributed by atoms with E-state index in [-0.39, 0.29) is 0 Å². The van der Waals surface area contributed by atoms with Crippen LogP contribution in [0.2, 0.25) is 0 Å². The summed E-state index contributed by atoms with van der Waals surface area (Å²) in [6, 6.07) is 9.22. The molecule has 1 aromatic carbocycles. The van der Waals surface area contributed by atoms with Gasteiger partial charge in [-0.3, -0.25) is 4.98 Å². The molecule has 19 heavy (non-hydrogen) atoms. The smallest absolute Gasteiger partial charge is 0.0346 e. The van der Waals surface area contributed by atoms with Gasteiger partial charge in [-0.1, -0.05) is 31.0 Å². The van der Waals surface area contributed by atoms with Gasteiger partial charge < -0.3 is 5.32 Å². The summed E-state index contributed by atoms with van der Waals surface area (Å²) in [5.41, 5.74) is 1.38. The van der Waals surface area contributed by atoms with Gasteiger partial charge in [0.05, 0.1) is 0 Å². The van der Waals surface area contributed by atoms with Crippen LogP contribution in [-0.4, -0.2) is 11.0 Å². The zero-order valence-corrected chi connectivity index (χ0v) is 11.6. The number of hydrogen-bond acceptors (Lipinski definition) is 2. The average molecular weight is 254 g/mol. The molecule has 0 unspecified atom stereocenters. The molecule has 1 aliphatic rings. The van der Waals surface area contributed by atoms with Crippen LogP contribution in [0.5, 0.6) is 0 Å². The van der Waals surface area contributed by atoms with Gasteiger partial charge in [-0.2, -0.15) is 0 Å². The van der Waals surface area contributed by atoms with E-state index in [0.717, 1.165) is 12.5 Å². The van der Waals surface area contributed by atoms with Gasteiger partial charge >= 0.3 is 0 Å². The van der Waals surface area contributed by atoms with E-state index < -0.39 is 0 Å². The molecule has 1 saturated carbocycles. The number of nitrogens with zero attached hydrogens (tertiary/aromatic N) is 1. The maximum atomic E-state index is 4.19. The molecule has 2 nitrogen and oxygen atoms in total. The molecule has 1 N–H and O–H groups in total. The molecule has 0 amide bonds. The van der Waals surface area contributed by atoms with Crippen molar-refractivity contribution in [2.75, 3.05) is 0 Å². The standard InChI is InChI=1S/C17H22N2/c1-13(14-5-2-3-6-14)19-12-16-8-4-7-15-11-18-10-9-17(15)16/h4,7-11,13-14,19H,2-3,5-6,12H2,1H3/t13-/m1/s1. The molecule has 1 atom stereocenters. The van der Waals surface area contributed by atoms with Gasteiger partial charge in [0, 0.05) is 30.4 Å². The van der Waals surface area contributed by atoms with Crippen LogP contribution in [0.15, 0.2) is 36.7 Å². The van der Waals surface area contributed by atoms with Crippen molar-refractivity contribution >= 4 is 10.8 Å². The maximum Gasteiger partial charge on any atom is 0.0346 e. The first-order chi connectivity index (χ1) is 9.34. The van der Waals surface area contributed by atoms with Crippen molar-refractivity contribution in [3.8, 4) is 0 Å². The number of fused-ring (bicyclic) bond motifs is 1. The predicted octanol–water partition coefficient (Wildman–Crippen LogP) is 3.90. The van der Waals surface area contributed by atoms with Gasteiger partial charge in [0.25, 0.3) is 0 Å². The Hall–Kier alpha value is -1.41. The summed E-state index contributed by atoms with van der Waals surface area (Å²) < 4.78 is 0. The van der Waals surface area contributed by atoms with Crippen LogP contribution in [0.4, 0.5) is 0 Å². The SMILES string of the molecule is C[C@@H](NCc1cccc2cnccc12)C1CCCC1. The summed E-state index contributed by atoms with van der Waals surface area (Å²) in [6.45, 7) is 3.29. The number of rotatable bonds is 4. The first-order valence-electron chi connectivity index (χ1n) is 7.39. The Morgan fingerprint density at radius 3 is 2.95 bits per heavy atom. The third kappa shape index (κ3) is 2.79. The predicted molar refractivity (Wildman–Crippen MR) is 80.0 cm³/mol. The summed E-state index contributed by atoms with van der Waals surface area (Å²) >= 11 is 0. The zero-order valence-electron chi connectivity index (χ0n) is 11.6. The molecule has 3 rings (SSSR count). The van der Waals surface area contributed by atoms with E-state index in [2.05, 4.69) is 41.5 Å². The molecule has 0 radical (unpaired) electrons. The van der Waals surface area contributed by atoms with Crippen molar-refractivity contribution in [2.45, 2.75) is 45.2 Å². The fraction of sp³-hybridized carbons (Fsp3) is 0.471. The van der Waals surface area contributed by atoms with Gasteiger partial charge in [-0.15, -0.1) is 0 Å². The first-order valence-corrected chi connectivity index (χ1v) is 7.39. The molecule has 2 aromatic rings. The molecule has 1 heterocycles. The topological polar surface area (TPSA) is 24.9 Å². The fourth-order valence-corrected chi connectivity index (χ4v) is 3.24. The molecule has 1 fully saturated rings. The fourth-order valence-electron chi connectivity index (χ4n) is 3.24. The number of aromatic nitrogens is 1. The normalized spacial score (nSPS) is 17.9. The highest BCUT2D eigenvalue weighted by Crippen LogP contribution is 2.27. The Morgan fingerprint density at radius 2 is 2.11 bits per heavy atom. The Balaban J connectivity index is 1.71. The molecule has 0 spiro atoms. The highest BCUT2D eigenvalue weighted by molar-refractivity contribution is 5.84. The van der Waals surface area contributed by atoms with Crippen molar-refractivity contribution in [2.24, 2.45) is 5.92 Å². The van der Waals surface area contributed by atoms with Crippen molar-refractivity contribution in [3.05, 3.63) is 42.2 Å².